The molecule has 0 saturated carbocycles. The largest absolute Gasteiger partial charge is 0.487 e. The molecule has 3 aromatic rings. The smallest absolute Gasteiger partial charge is 0.286 e. The first-order chi connectivity index (χ1) is 13.8. The average Bonchev–Trinajstić information content (AvgIpc) is 2.69. The highest BCUT2D eigenvalue weighted by Crippen LogP contribution is 2.31. The van der Waals surface area contributed by atoms with E-state index in [0.717, 1.165) is 5.56 Å². The van der Waals surface area contributed by atoms with Crippen molar-refractivity contribution in [1.82, 2.24) is 0 Å². The van der Waals surface area contributed by atoms with Crippen LogP contribution in [0.5, 0.6) is 5.75 Å². The van der Waals surface area contributed by atoms with E-state index in [1.807, 2.05) is 0 Å². The molecular formula is C20H13Cl3N2O3S. The zero-order valence-corrected chi connectivity index (χ0v) is 17.8. The van der Waals surface area contributed by atoms with Gasteiger partial charge in [0.15, 0.2) is 5.84 Å². The Bertz CT molecular complexity index is 1240. The van der Waals surface area contributed by atoms with Crippen LogP contribution < -0.4 is 10.1 Å². The number of hydrogen-bond acceptors (Lipinski definition) is 4. The lowest BCUT2D eigenvalue weighted by Crippen LogP contribution is -2.22. The fourth-order valence-corrected chi connectivity index (χ4v) is 4.49. The number of rotatable bonds is 4. The number of halogens is 3. The van der Waals surface area contributed by atoms with Gasteiger partial charge in [-0.05, 0) is 48.0 Å². The maximum Gasteiger partial charge on any atom is 0.286 e. The van der Waals surface area contributed by atoms with Gasteiger partial charge in [-0.15, -0.1) is 4.40 Å². The van der Waals surface area contributed by atoms with Crippen LogP contribution in [0.1, 0.15) is 11.1 Å². The van der Waals surface area contributed by atoms with E-state index in [4.69, 9.17) is 39.5 Å². The highest BCUT2D eigenvalue weighted by atomic mass is 35.5. The number of para-hydroxylation sites is 1. The summed E-state index contributed by atoms with van der Waals surface area (Å²) in [4.78, 5) is 0.136. The molecule has 0 atom stereocenters. The molecule has 1 aliphatic rings. The Morgan fingerprint density at radius 2 is 1.69 bits per heavy atom. The second-order valence-electron chi connectivity index (χ2n) is 6.22. The predicted octanol–water partition coefficient (Wildman–Crippen LogP) is 5.79. The van der Waals surface area contributed by atoms with Gasteiger partial charge in [-0.2, -0.15) is 8.42 Å². The Hall–Kier alpha value is -2.25. The van der Waals surface area contributed by atoms with Crippen LogP contribution in [0.25, 0.3) is 0 Å². The van der Waals surface area contributed by atoms with Gasteiger partial charge in [0.2, 0.25) is 0 Å². The lowest BCUT2D eigenvalue weighted by atomic mass is 10.2. The molecule has 0 radical (unpaired) electrons. The summed E-state index contributed by atoms with van der Waals surface area (Å²) in [6, 6.07) is 16.7. The van der Waals surface area contributed by atoms with Crippen molar-refractivity contribution in [2.75, 3.05) is 5.32 Å². The van der Waals surface area contributed by atoms with Crippen LogP contribution in [-0.4, -0.2) is 14.3 Å². The van der Waals surface area contributed by atoms with Crippen LogP contribution in [0.15, 0.2) is 70.0 Å². The lowest BCUT2D eigenvalue weighted by molar-refractivity contribution is 0.306. The third-order valence-electron chi connectivity index (χ3n) is 4.21. The molecule has 1 aliphatic heterocycles. The molecule has 0 spiro atoms. The minimum Gasteiger partial charge on any atom is -0.487 e. The van der Waals surface area contributed by atoms with Crippen LogP contribution in [0.3, 0.4) is 0 Å². The second-order valence-corrected chi connectivity index (χ2v) is 9.01. The number of nitrogens with zero attached hydrogens (tertiary/aromatic N) is 1. The van der Waals surface area contributed by atoms with Crippen molar-refractivity contribution >= 4 is 56.3 Å². The van der Waals surface area contributed by atoms with Crippen molar-refractivity contribution in [3.05, 3.63) is 86.9 Å². The van der Waals surface area contributed by atoms with E-state index in [2.05, 4.69) is 9.71 Å². The number of sulfonamides is 1. The third-order valence-corrected chi connectivity index (χ3v) is 6.58. The van der Waals surface area contributed by atoms with Crippen molar-refractivity contribution in [3.8, 4) is 5.75 Å². The molecule has 148 valence electrons. The Morgan fingerprint density at radius 1 is 0.897 bits per heavy atom. The standard InChI is InChI=1S/C20H13Cl3N2O3S/c21-14-7-5-12(9-15(14)22)11-28-18-8-6-13(10-16(18)23)20-24-17-3-1-2-4-19(17)29(26,27)25-20/h1-10H,11H2,(H,24,25). The highest BCUT2D eigenvalue weighted by Gasteiger charge is 2.25. The van der Waals surface area contributed by atoms with Gasteiger partial charge < -0.3 is 10.1 Å². The van der Waals surface area contributed by atoms with Crippen molar-refractivity contribution in [1.29, 1.82) is 0 Å². The van der Waals surface area contributed by atoms with E-state index in [1.54, 1.807) is 54.6 Å². The van der Waals surface area contributed by atoms with Gasteiger partial charge in [-0.25, -0.2) is 0 Å². The summed E-state index contributed by atoms with van der Waals surface area (Å²) in [6.45, 7) is 0.247. The fraction of sp³-hybridized carbons (Fsp3) is 0.0500. The van der Waals surface area contributed by atoms with E-state index >= 15 is 0 Å². The second kappa shape index (κ2) is 7.88. The molecular weight excluding hydrogens is 455 g/mol. The topological polar surface area (TPSA) is 67.8 Å². The SMILES string of the molecule is O=S1(=O)N=C(c2ccc(OCc3ccc(Cl)c(Cl)c3)c(Cl)c2)Nc2ccccc21. The summed E-state index contributed by atoms with van der Waals surface area (Å²) in [5.41, 5.74) is 1.82. The Morgan fingerprint density at radius 3 is 2.45 bits per heavy atom. The minimum atomic E-state index is -3.79. The summed E-state index contributed by atoms with van der Waals surface area (Å²) >= 11 is 18.3. The summed E-state index contributed by atoms with van der Waals surface area (Å²) in [5.74, 6) is 0.641. The monoisotopic (exact) mass is 466 g/mol. The Labute approximate surface area is 182 Å². The van der Waals surface area contributed by atoms with Crippen molar-refractivity contribution in [2.24, 2.45) is 4.40 Å². The maximum absolute atomic E-state index is 12.4. The van der Waals surface area contributed by atoms with Gasteiger partial charge in [-0.3, -0.25) is 0 Å². The number of fused-ring (bicyclic) bond motifs is 1. The zero-order valence-electron chi connectivity index (χ0n) is 14.7. The maximum atomic E-state index is 12.4. The normalized spacial score (nSPS) is 14.5. The molecule has 0 saturated heterocycles. The first-order valence-electron chi connectivity index (χ1n) is 8.41. The van der Waals surface area contributed by atoms with Gasteiger partial charge in [-0.1, -0.05) is 53.0 Å². The first-order valence-corrected chi connectivity index (χ1v) is 11.0. The lowest BCUT2D eigenvalue weighted by Gasteiger charge is -2.18. The number of benzene rings is 3. The number of anilines is 1. The summed E-state index contributed by atoms with van der Waals surface area (Å²) in [5, 5.41) is 4.26. The zero-order chi connectivity index (χ0) is 20.6. The summed E-state index contributed by atoms with van der Waals surface area (Å²) in [7, 11) is -3.79. The summed E-state index contributed by atoms with van der Waals surface area (Å²) < 4.78 is 34.4. The quantitative estimate of drug-likeness (QED) is 0.527. The molecule has 1 N–H and O–H groups in total. The van der Waals surface area contributed by atoms with E-state index in [-0.39, 0.29) is 17.3 Å². The van der Waals surface area contributed by atoms with Gasteiger partial charge in [0, 0.05) is 5.56 Å². The Kier molecular flexibility index (Phi) is 5.44. The number of ether oxygens (including phenoxy) is 1. The van der Waals surface area contributed by atoms with E-state index in [1.165, 1.54) is 6.07 Å². The van der Waals surface area contributed by atoms with E-state index < -0.39 is 10.0 Å². The molecule has 3 aromatic carbocycles. The molecule has 1 heterocycles. The fourth-order valence-electron chi connectivity index (χ4n) is 2.80. The Balaban J connectivity index is 1.56. The number of amidine groups is 1. The summed E-state index contributed by atoms with van der Waals surface area (Å²) in [6.07, 6.45) is 0. The molecule has 5 nitrogen and oxygen atoms in total. The van der Waals surface area contributed by atoms with E-state index in [0.29, 0.717) is 32.1 Å². The van der Waals surface area contributed by atoms with Gasteiger partial charge in [0.05, 0.1) is 20.8 Å². The van der Waals surface area contributed by atoms with Crippen LogP contribution in [-0.2, 0) is 16.6 Å². The molecule has 0 aliphatic carbocycles. The van der Waals surface area contributed by atoms with Crippen LogP contribution >= 0.6 is 34.8 Å². The van der Waals surface area contributed by atoms with Gasteiger partial charge in [0.1, 0.15) is 17.3 Å². The van der Waals surface area contributed by atoms with Crippen molar-refractivity contribution in [2.45, 2.75) is 11.5 Å². The van der Waals surface area contributed by atoms with Crippen LogP contribution in [0.4, 0.5) is 5.69 Å². The number of hydrogen-bond donors (Lipinski definition) is 1. The average molecular weight is 468 g/mol. The molecule has 0 aromatic heterocycles. The molecule has 0 unspecified atom stereocenters. The molecule has 0 bridgehead atoms. The molecule has 29 heavy (non-hydrogen) atoms. The van der Waals surface area contributed by atoms with Crippen molar-refractivity contribution < 1.29 is 13.2 Å². The van der Waals surface area contributed by atoms with Gasteiger partial charge >= 0.3 is 0 Å². The predicted molar refractivity (Wildman–Crippen MR) is 116 cm³/mol. The minimum absolute atomic E-state index is 0.136. The first kappa shape index (κ1) is 20.0. The highest BCUT2D eigenvalue weighted by molar-refractivity contribution is 7.90. The molecule has 0 fully saturated rings. The molecule has 0 amide bonds. The van der Waals surface area contributed by atoms with Crippen LogP contribution in [0, 0.1) is 0 Å². The van der Waals surface area contributed by atoms with Gasteiger partial charge in [0.25, 0.3) is 10.0 Å². The molecule has 4 rings (SSSR count). The number of nitrogens with one attached hydrogen (secondary N) is 1. The van der Waals surface area contributed by atoms with E-state index in [9.17, 15) is 8.42 Å². The third kappa shape index (κ3) is 4.21. The molecule has 9 heteroatoms. The van der Waals surface area contributed by atoms with Crippen molar-refractivity contribution in [3.63, 3.8) is 0 Å². The van der Waals surface area contributed by atoms with Crippen LogP contribution in [0.2, 0.25) is 15.1 Å².